The van der Waals surface area contributed by atoms with Crippen LogP contribution in [0.5, 0.6) is 0 Å². The number of rotatable bonds is 1. The molecule has 0 aromatic heterocycles. The van der Waals surface area contributed by atoms with E-state index >= 15 is 0 Å². The van der Waals surface area contributed by atoms with E-state index < -0.39 is 0 Å². The molecule has 2 nitrogen and oxygen atoms in total. The summed E-state index contributed by atoms with van der Waals surface area (Å²) in [6.45, 7) is 2.87. The van der Waals surface area contributed by atoms with Crippen LogP contribution in [0.3, 0.4) is 0 Å². The maximum absolute atomic E-state index is 5.61. The van der Waals surface area contributed by atoms with E-state index in [1.807, 2.05) is 0 Å². The summed E-state index contributed by atoms with van der Waals surface area (Å²) in [6, 6.07) is 0. The molecule has 1 unspecified atom stereocenters. The number of ether oxygens (including phenoxy) is 2. The Bertz CT molecular complexity index is 113. The Kier molecular flexibility index (Phi) is 2.44. The molecule has 2 saturated heterocycles. The Morgan fingerprint density at radius 1 is 1.00 bits per heavy atom. The van der Waals surface area contributed by atoms with Crippen molar-refractivity contribution in [3.05, 3.63) is 0 Å². The van der Waals surface area contributed by atoms with Gasteiger partial charge in [0.25, 0.3) is 0 Å². The molecule has 0 aromatic carbocycles. The van der Waals surface area contributed by atoms with Crippen LogP contribution in [-0.4, -0.2) is 25.9 Å². The summed E-state index contributed by atoms with van der Waals surface area (Å²) in [5.41, 5.74) is 0. The van der Waals surface area contributed by atoms with Gasteiger partial charge in [0.05, 0.1) is 12.7 Å². The van der Waals surface area contributed by atoms with Gasteiger partial charge in [0.2, 0.25) is 0 Å². The van der Waals surface area contributed by atoms with Gasteiger partial charge in [-0.1, -0.05) is 0 Å². The molecule has 0 aromatic rings. The standard InChI is InChI=1S/C9H16O2/c1-3-8(7-10-5-1)9-4-2-6-11-9/h8-9H,1-7H2/t8?,9-/m1/s1. The Balaban J connectivity index is 1.82. The van der Waals surface area contributed by atoms with E-state index in [0.717, 1.165) is 19.8 Å². The van der Waals surface area contributed by atoms with Crippen LogP contribution in [0.1, 0.15) is 25.7 Å². The van der Waals surface area contributed by atoms with Gasteiger partial charge in [-0.2, -0.15) is 0 Å². The van der Waals surface area contributed by atoms with E-state index in [2.05, 4.69) is 0 Å². The van der Waals surface area contributed by atoms with E-state index in [-0.39, 0.29) is 0 Å². The summed E-state index contributed by atoms with van der Waals surface area (Å²) in [5, 5.41) is 0. The summed E-state index contributed by atoms with van der Waals surface area (Å²) in [4.78, 5) is 0. The third kappa shape index (κ3) is 1.74. The van der Waals surface area contributed by atoms with Crippen molar-refractivity contribution in [2.45, 2.75) is 31.8 Å². The highest BCUT2D eigenvalue weighted by Crippen LogP contribution is 2.26. The molecule has 11 heavy (non-hydrogen) atoms. The van der Waals surface area contributed by atoms with Crippen molar-refractivity contribution in [2.75, 3.05) is 19.8 Å². The van der Waals surface area contributed by atoms with Gasteiger partial charge in [0.15, 0.2) is 0 Å². The lowest BCUT2D eigenvalue weighted by atomic mass is 9.94. The Labute approximate surface area is 67.9 Å². The molecule has 0 aliphatic carbocycles. The fourth-order valence-corrected chi connectivity index (χ4v) is 2.03. The van der Waals surface area contributed by atoms with E-state index in [1.165, 1.54) is 25.7 Å². The van der Waals surface area contributed by atoms with Gasteiger partial charge in [-0.05, 0) is 25.7 Å². The van der Waals surface area contributed by atoms with Crippen molar-refractivity contribution >= 4 is 0 Å². The predicted octanol–water partition coefficient (Wildman–Crippen LogP) is 1.59. The van der Waals surface area contributed by atoms with E-state index in [0.29, 0.717) is 12.0 Å². The molecule has 2 aliphatic heterocycles. The summed E-state index contributed by atoms with van der Waals surface area (Å²) in [7, 11) is 0. The van der Waals surface area contributed by atoms with Crippen LogP contribution in [0.2, 0.25) is 0 Å². The van der Waals surface area contributed by atoms with Gasteiger partial charge < -0.3 is 9.47 Å². The predicted molar refractivity (Wildman–Crippen MR) is 42.5 cm³/mol. The fraction of sp³-hybridized carbons (Fsp3) is 1.00. The van der Waals surface area contributed by atoms with Crippen molar-refractivity contribution in [1.82, 2.24) is 0 Å². The molecule has 2 fully saturated rings. The summed E-state index contributed by atoms with van der Waals surface area (Å²) in [6.07, 6.45) is 5.57. The molecule has 2 atom stereocenters. The highest BCUT2D eigenvalue weighted by atomic mass is 16.5. The number of hydrogen-bond acceptors (Lipinski definition) is 2. The van der Waals surface area contributed by atoms with Crippen LogP contribution in [0, 0.1) is 5.92 Å². The van der Waals surface area contributed by atoms with Crippen LogP contribution in [-0.2, 0) is 9.47 Å². The molecule has 0 bridgehead atoms. The molecule has 0 saturated carbocycles. The van der Waals surface area contributed by atoms with E-state index in [9.17, 15) is 0 Å². The third-order valence-corrected chi connectivity index (χ3v) is 2.69. The first kappa shape index (κ1) is 7.56. The maximum Gasteiger partial charge on any atom is 0.0626 e. The molecule has 2 rings (SSSR count). The minimum atomic E-state index is 0.523. The van der Waals surface area contributed by atoms with Crippen LogP contribution < -0.4 is 0 Å². The van der Waals surface area contributed by atoms with E-state index in [4.69, 9.17) is 9.47 Å². The van der Waals surface area contributed by atoms with Crippen molar-refractivity contribution in [3.8, 4) is 0 Å². The highest BCUT2D eigenvalue weighted by Gasteiger charge is 2.27. The van der Waals surface area contributed by atoms with Gasteiger partial charge in [0, 0.05) is 19.1 Å². The normalized spacial score (nSPS) is 39.3. The van der Waals surface area contributed by atoms with Gasteiger partial charge >= 0.3 is 0 Å². The lowest BCUT2D eigenvalue weighted by Crippen LogP contribution is -2.28. The third-order valence-electron chi connectivity index (χ3n) is 2.69. The average molecular weight is 156 g/mol. The monoisotopic (exact) mass is 156 g/mol. The highest BCUT2D eigenvalue weighted by molar-refractivity contribution is 4.76. The van der Waals surface area contributed by atoms with Crippen molar-refractivity contribution in [1.29, 1.82) is 0 Å². The molecule has 2 heteroatoms. The van der Waals surface area contributed by atoms with Crippen LogP contribution in [0.15, 0.2) is 0 Å². The molecule has 0 spiro atoms. The summed E-state index contributed by atoms with van der Waals surface area (Å²) in [5.74, 6) is 0.700. The largest absolute Gasteiger partial charge is 0.381 e. The van der Waals surface area contributed by atoms with Gasteiger partial charge in [-0.15, -0.1) is 0 Å². The second kappa shape index (κ2) is 3.55. The second-order valence-electron chi connectivity index (χ2n) is 3.53. The first-order valence-electron chi connectivity index (χ1n) is 4.66. The quantitative estimate of drug-likeness (QED) is 0.574. The molecule has 64 valence electrons. The summed E-state index contributed by atoms with van der Waals surface area (Å²) >= 11 is 0. The van der Waals surface area contributed by atoms with Crippen LogP contribution >= 0.6 is 0 Å². The lowest BCUT2D eigenvalue weighted by molar-refractivity contribution is -0.0208. The van der Waals surface area contributed by atoms with Gasteiger partial charge in [0.1, 0.15) is 0 Å². The van der Waals surface area contributed by atoms with E-state index in [1.54, 1.807) is 0 Å². The van der Waals surface area contributed by atoms with Crippen molar-refractivity contribution < 1.29 is 9.47 Å². The Morgan fingerprint density at radius 2 is 1.91 bits per heavy atom. The molecular weight excluding hydrogens is 140 g/mol. The minimum Gasteiger partial charge on any atom is -0.381 e. The zero-order valence-electron chi connectivity index (χ0n) is 6.92. The number of hydrogen-bond donors (Lipinski definition) is 0. The summed E-state index contributed by atoms with van der Waals surface area (Å²) < 4.78 is 11.0. The molecule has 0 radical (unpaired) electrons. The van der Waals surface area contributed by atoms with Crippen molar-refractivity contribution in [2.24, 2.45) is 5.92 Å². The van der Waals surface area contributed by atoms with Gasteiger partial charge in [-0.25, -0.2) is 0 Å². The van der Waals surface area contributed by atoms with Crippen LogP contribution in [0.4, 0.5) is 0 Å². The molecule has 0 amide bonds. The zero-order valence-corrected chi connectivity index (χ0v) is 6.92. The topological polar surface area (TPSA) is 18.5 Å². The van der Waals surface area contributed by atoms with Crippen LogP contribution in [0.25, 0.3) is 0 Å². The Morgan fingerprint density at radius 3 is 2.55 bits per heavy atom. The molecule has 2 aliphatic rings. The lowest BCUT2D eigenvalue weighted by Gasteiger charge is -2.26. The fourth-order valence-electron chi connectivity index (χ4n) is 2.03. The second-order valence-corrected chi connectivity index (χ2v) is 3.53. The molecular formula is C9H16O2. The maximum atomic E-state index is 5.61. The molecule has 0 N–H and O–H groups in total. The van der Waals surface area contributed by atoms with Gasteiger partial charge in [-0.3, -0.25) is 0 Å². The molecule has 2 heterocycles. The first-order chi connectivity index (χ1) is 5.47. The Hall–Kier alpha value is -0.0800. The SMILES string of the molecule is C1COCC([C@H]2CCCO2)C1. The average Bonchev–Trinajstić information content (AvgIpc) is 2.58. The van der Waals surface area contributed by atoms with Crippen molar-refractivity contribution in [3.63, 3.8) is 0 Å². The zero-order chi connectivity index (χ0) is 7.52. The minimum absolute atomic E-state index is 0.523. The first-order valence-corrected chi connectivity index (χ1v) is 4.66. The smallest absolute Gasteiger partial charge is 0.0626 e.